The van der Waals surface area contributed by atoms with Gasteiger partial charge in [0.15, 0.2) is 10.7 Å². The molecule has 0 saturated heterocycles. The first-order chi connectivity index (χ1) is 7.06. The molecule has 2 aromatic heterocycles. The van der Waals surface area contributed by atoms with Gasteiger partial charge in [-0.1, -0.05) is 6.58 Å². The highest BCUT2D eigenvalue weighted by Crippen LogP contribution is 2.19. The first-order valence-electron chi connectivity index (χ1n) is 4.06. The van der Waals surface area contributed by atoms with Crippen LogP contribution in [0.15, 0.2) is 29.5 Å². The maximum atomic E-state index is 11.6. The molecule has 0 saturated carbocycles. The summed E-state index contributed by atoms with van der Waals surface area (Å²) in [5, 5.41) is 5.13. The van der Waals surface area contributed by atoms with Crippen molar-refractivity contribution < 1.29 is 8.42 Å². The molecule has 0 unspecified atom stereocenters. The smallest absolute Gasteiger partial charge is 0.217 e. The molecule has 7 heteroatoms. The van der Waals surface area contributed by atoms with Gasteiger partial charge in [-0.25, -0.2) is 18.4 Å². The lowest BCUT2D eigenvalue weighted by molar-refractivity contribution is 0.602. The van der Waals surface area contributed by atoms with Crippen LogP contribution in [0.2, 0.25) is 0 Å². The van der Waals surface area contributed by atoms with E-state index in [9.17, 15) is 8.42 Å². The number of rotatable bonds is 2. The van der Waals surface area contributed by atoms with Crippen molar-refractivity contribution in [2.75, 3.05) is 0 Å². The van der Waals surface area contributed by atoms with Crippen molar-refractivity contribution in [3.05, 3.63) is 24.5 Å². The molecule has 2 rings (SSSR count). The molecule has 2 heterocycles. The van der Waals surface area contributed by atoms with Crippen molar-refractivity contribution in [3.63, 3.8) is 0 Å². The zero-order valence-electron chi connectivity index (χ0n) is 7.95. The standard InChI is InChI=1S/C8H8N4O2S/c1-3-15(13,14)8-6-4-11-12(2)7(6)9-5-10-8/h3-5H,1H2,2H3. The van der Waals surface area contributed by atoms with Gasteiger partial charge in [0.1, 0.15) is 6.33 Å². The zero-order valence-corrected chi connectivity index (χ0v) is 8.77. The Hall–Kier alpha value is -1.76. The third kappa shape index (κ3) is 1.40. The summed E-state index contributed by atoms with van der Waals surface area (Å²) in [6, 6.07) is 0. The molecule has 0 atom stereocenters. The first kappa shape index (κ1) is 9.78. The van der Waals surface area contributed by atoms with Crippen molar-refractivity contribution in [1.29, 1.82) is 0 Å². The molecule has 0 aliphatic carbocycles. The Morgan fingerprint density at radius 2 is 2.20 bits per heavy atom. The lowest BCUT2D eigenvalue weighted by atomic mass is 10.4. The van der Waals surface area contributed by atoms with Gasteiger partial charge in [0.25, 0.3) is 0 Å². The van der Waals surface area contributed by atoms with E-state index in [0.29, 0.717) is 11.0 Å². The van der Waals surface area contributed by atoms with E-state index < -0.39 is 9.84 Å². The van der Waals surface area contributed by atoms with Crippen LogP contribution in [-0.4, -0.2) is 28.2 Å². The molecule has 15 heavy (non-hydrogen) atoms. The van der Waals surface area contributed by atoms with Gasteiger partial charge in [0, 0.05) is 12.5 Å². The number of aryl methyl sites for hydroxylation is 1. The Bertz CT molecular complexity index is 629. The number of sulfone groups is 1. The minimum Gasteiger partial charge on any atom is -0.250 e. The second kappa shape index (κ2) is 3.13. The Balaban J connectivity index is 2.89. The fraction of sp³-hybridized carbons (Fsp3) is 0.125. The molecule has 78 valence electrons. The molecule has 0 spiro atoms. The molecule has 0 fully saturated rings. The lowest BCUT2D eigenvalue weighted by Crippen LogP contribution is -2.01. The molecular formula is C8H8N4O2S. The van der Waals surface area contributed by atoms with E-state index in [2.05, 4.69) is 21.6 Å². The van der Waals surface area contributed by atoms with Crippen LogP contribution in [0.4, 0.5) is 0 Å². The molecule has 2 aromatic rings. The largest absolute Gasteiger partial charge is 0.250 e. The average Bonchev–Trinajstić information content (AvgIpc) is 2.60. The summed E-state index contributed by atoms with van der Waals surface area (Å²) in [4.78, 5) is 7.68. The molecule has 0 aliphatic heterocycles. The SMILES string of the molecule is C=CS(=O)(=O)c1ncnc2c1cnn2C. The van der Waals surface area contributed by atoms with Crippen molar-refractivity contribution in [1.82, 2.24) is 19.7 Å². The van der Waals surface area contributed by atoms with Crippen LogP contribution in [0, 0.1) is 0 Å². The van der Waals surface area contributed by atoms with E-state index in [1.54, 1.807) is 7.05 Å². The zero-order chi connectivity index (χ0) is 11.1. The van der Waals surface area contributed by atoms with Crippen molar-refractivity contribution >= 4 is 20.9 Å². The highest BCUT2D eigenvalue weighted by molar-refractivity contribution is 7.94. The molecule has 0 N–H and O–H groups in total. The van der Waals surface area contributed by atoms with E-state index in [1.165, 1.54) is 17.2 Å². The highest BCUT2D eigenvalue weighted by Gasteiger charge is 2.17. The van der Waals surface area contributed by atoms with Gasteiger partial charge in [-0.15, -0.1) is 0 Å². The topological polar surface area (TPSA) is 77.7 Å². The quantitative estimate of drug-likeness (QED) is 0.685. The Morgan fingerprint density at radius 3 is 2.87 bits per heavy atom. The van der Waals surface area contributed by atoms with E-state index in [1.807, 2.05) is 0 Å². The van der Waals surface area contributed by atoms with Crippen molar-refractivity contribution in [2.24, 2.45) is 7.05 Å². The fourth-order valence-electron chi connectivity index (χ4n) is 1.25. The van der Waals surface area contributed by atoms with E-state index >= 15 is 0 Å². The third-order valence-corrected chi connectivity index (χ3v) is 3.28. The van der Waals surface area contributed by atoms with Crippen LogP contribution in [0.5, 0.6) is 0 Å². The summed E-state index contributed by atoms with van der Waals surface area (Å²) in [6.07, 6.45) is 2.62. The van der Waals surface area contributed by atoms with Gasteiger partial charge in [-0.2, -0.15) is 5.10 Å². The molecule has 0 aliphatic rings. The second-order valence-electron chi connectivity index (χ2n) is 2.90. The maximum Gasteiger partial charge on any atom is 0.217 e. The van der Waals surface area contributed by atoms with Gasteiger partial charge in [0.2, 0.25) is 9.84 Å². The first-order valence-corrected chi connectivity index (χ1v) is 5.61. The number of nitrogens with zero attached hydrogens (tertiary/aromatic N) is 4. The van der Waals surface area contributed by atoms with Gasteiger partial charge in [0.05, 0.1) is 11.6 Å². The van der Waals surface area contributed by atoms with Crippen LogP contribution in [0.3, 0.4) is 0 Å². The predicted molar refractivity (Wildman–Crippen MR) is 53.7 cm³/mol. The Morgan fingerprint density at radius 1 is 1.47 bits per heavy atom. The molecular weight excluding hydrogens is 216 g/mol. The summed E-state index contributed by atoms with van der Waals surface area (Å²) in [5.41, 5.74) is 0.477. The van der Waals surface area contributed by atoms with Gasteiger partial charge < -0.3 is 0 Å². The highest BCUT2D eigenvalue weighted by atomic mass is 32.2. The van der Waals surface area contributed by atoms with Gasteiger partial charge in [-0.3, -0.25) is 4.68 Å². The summed E-state index contributed by atoms with van der Waals surface area (Å²) in [7, 11) is -1.87. The third-order valence-electron chi connectivity index (χ3n) is 1.98. The molecule has 6 nitrogen and oxygen atoms in total. The summed E-state index contributed by atoms with van der Waals surface area (Å²) < 4.78 is 24.6. The number of hydrogen-bond donors (Lipinski definition) is 0. The molecule has 0 radical (unpaired) electrons. The summed E-state index contributed by atoms with van der Waals surface area (Å²) in [5.74, 6) is 0. The van der Waals surface area contributed by atoms with Gasteiger partial charge in [-0.05, 0) is 0 Å². The summed E-state index contributed by atoms with van der Waals surface area (Å²) in [6.45, 7) is 3.25. The van der Waals surface area contributed by atoms with Crippen molar-refractivity contribution in [2.45, 2.75) is 5.03 Å². The van der Waals surface area contributed by atoms with Gasteiger partial charge >= 0.3 is 0 Å². The van der Waals surface area contributed by atoms with Crippen LogP contribution in [0.25, 0.3) is 11.0 Å². The van der Waals surface area contributed by atoms with E-state index in [4.69, 9.17) is 0 Å². The number of fused-ring (bicyclic) bond motifs is 1. The lowest BCUT2D eigenvalue weighted by Gasteiger charge is -1.98. The second-order valence-corrected chi connectivity index (χ2v) is 4.71. The van der Waals surface area contributed by atoms with Crippen LogP contribution < -0.4 is 0 Å². The van der Waals surface area contributed by atoms with Crippen LogP contribution >= 0.6 is 0 Å². The van der Waals surface area contributed by atoms with Crippen LogP contribution in [0.1, 0.15) is 0 Å². The molecule has 0 bridgehead atoms. The van der Waals surface area contributed by atoms with E-state index in [0.717, 1.165) is 5.41 Å². The number of aromatic nitrogens is 4. The van der Waals surface area contributed by atoms with Crippen molar-refractivity contribution in [3.8, 4) is 0 Å². The molecule has 0 aromatic carbocycles. The fourth-order valence-corrected chi connectivity index (χ4v) is 2.05. The maximum absolute atomic E-state index is 11.6. The van der Waals surface area contributed by atoms with E-state index in [-0.39, 0.29) is 5.03 Å². The predicted octanol–water partition coefficient (Wildman–Crippen LogP) is 0.280. The monoisotopic (exact) mass is 224 g/mol. The minimum atomic E-state index is -3.55. The number of hydrogen-bond acceptors (Lipinski definition) is 5. The minimum absolute atomic E-state index is 0.0596. The molecule has 0 amide bonds. The average molecular weight is 224 g/mol. The van der Waals surface area contributed by atoms with Crippen LogP contribution in [-0.2, 0) is 16.9 Å². The Kier molecular flexibility index (Phi) is 2.04. The normalized spacial score (nSPS) is 11.8. The Labute approximate surface area is 86.2 Å². The summed E-state index contributed by atoms with van der Waals surface area (Å²) >= 11 is 0.